The van der Waals surface area contributed by atoms with Crippen LogP contribution in [0.4, 0.5) is 4.79 Å². The minimum Gasteiger partial charge on any atom is -0.465 e. The van der Waals surface area contributed by atoms with Crippen molar-refractivity contribution in [1.29, 1.82) is 0 Å². The van der Waals surface area contributed by atoms with Crippen LogP contribution in [0.15, 0.2) is 0 Å². The number of hydrogen-bond donors (Lipinski definition) is 3. The average molecular weight is 243 g/mol. The molecule has 17 heavy (non-hydrogen) atoms. The summed E-state index contributed by atoms with van der Waals surface area (Å²) in [5.74, 6) is 0.325. The van der Waals surface area contributed by atoms with Crippen molar-refractivity contribution >= 4 is 6.09 Å². The van der Waals surface area contributed by atoms with Gasteiger partial charge >= 0.3 is 6.09 Å². The second-order valence-electron chi connectivity index (χ2n) is 6.63. The Morgan fingerprint density at radius 1 is 1.35 bits per heavy atom. The number of aliphatic hydroxyl groups is 1. The fourth-order valence-electron chi connectivity index (χ4n) is 2.77. The van der Waals surface area contributed by atoms with E-state index in [0.29, 0.717) is 5.92 Å². The molecular weight excluding hydrogens is 218 g/mol. The number of hydrogen-bond acceptors (Lipinski definition) is 2. The molecule has 0 saturated heterocycles. The molecule has 0 aromatic heterocycles. The van der Waals surface area contributed by atoms with Gasteiger partial charge in [-0.2, -0.15) is 0 Å². The van der Waals surface area contributed by atoms with Gasteiger partial charge in [0.05, 0.1) is 5.60 Å². The summed E-state index contributed by atoms with van der Waals surface area (Å²) in [5, 5.41) is 21.5. The van der Waals surface area contributed by atoms with Crippen molar-refractivity contribution in [2.24, 2.45) is 11.3 Å². The van der Waals surface area contributed by atoms with E-state index in [9.17, 15) is 9.90 Å². The fourth-order valence-corrected chi connectivity index (χ4v) is 2.77. The SMILES string of the molecule is CC(C)(C)C(NC(=O)O)[C@H]1CC[C@](C)(O)CC1. The van der Waals surface area contributed by atoms with E-state index in [2.05, 4.69) is 26.1 Å². The van der Waals surface area contributed by atoms with E-state index in [1.54, 1.807) is 0 Å². The lowest BCUT2D eigenvalue weighted by molar-refractivity contribution is -0.00494. The maximum absolute atomic E-state index is 10.9. The summed E-state index contributed by atoms with van der Waals surface area (Å²) >= 11 is 0. The van der Waals surface area contributed by atoms with E-state index in [1.165, 1.54) is 0 Å². The van der Waals surface area contributed by atoms with Crippen LogP contribution in [0.2, 0.25) is 0 Å². The van der Waals surface area contributed by atoms with Gasteiger partial charge in [0, 0.05) is 6.04 Å². The van der Waals surface area contributed by atoms with Gasteiger partial charge in [-0.3, -0.25) is 0 Å². The van der Waals surface area contributed by atoms with Gasteiger partial charge in [0.1, 0.15) is 0 Å². The molecule has 1 saturated carbocycles. The highest BCUT2D eigenvalue weighted by Crippen LogP contribution is 2.38. The van der Waals surface area contributed by atoms with Gasteiger partial charge in [0.25, 0.3) is 0 Å². The zero-order valence-electron chi connectivity index (χ0n) is 11.3. The summed E-state index contributed by atoms with van der Waals surface area (Å²) in [6, 6.07) is -0.0453. The Morgan fingerprint density at radius 2 is 1.82 bits per heavy atom. The highest BCUT2D eigenvalue weighted by Gasteiger charge is 2.38. The highest BCUT2D eigenvalue weighted by molar-refractivity contribution is 5.65. The van der Waals surface area contributed by atoms with E-state index in [4.69, 9.17) is 5.11 Å². The lowest BCUT2D eigenvalue weighted by Crippen LogP contribution is -2.50. The summed E-state index contributed by atoms with van der Waals surface area (Å²) in [6.07, 6.45) is 2.32. The summed E-state index contributed by atoms with van der Waals surface area (Å²) < 4.78 is 0. The molecule has 0 heterocycles. The number of carbonyl (C=O) groups is 1. The molecule has 0 spiro atoms. The van der Waals surface area contributed by atoms with Crippen LogP contribution >= 0.6 is 0 Å². The third-order valence-electron chi connectivity index (χ3n) is 3.79. The van der Waals surface area contributed by atoms with Gasteiger partial charge in [0.2, 0.25) is 0 Å². The quantitative estimate of drug-likeness (QED) is 0.698. The molecule has 0 bridgehead atoms. The van der Waals surface area contributed by atoms with Crippen LogP contribution in [0.3, 0.4) is 0 Å². The number of amides is 1. The standard InChI is InChI=1S/C13H25NO3/c1-12(2,3)10(14-11(15)16)9-5-7-13(4,17)8-6-9/h9-10,14,17H,5-8H2,1-4H3,(H,15,16)/t9-,10?,13-. The second kappa shape index (κ2) is 4.84. The molecule has 1 aliphatic rings. The average Bonchev–Trinajstić information content (AvgIpc) is 2.13. The Labute approximate surface area is 103 Å². The second-order valence-corrected chi connectivity index (χ2v) is 6.63. The van der Waals surface area contributed by atoms with Crippen LogP contribution in [-0.2, 0) is 0 Å². The van der Waals surface area contributed by atoms with Gasteiger partial charge in [-0.25, -0.2) is 4.79 Å². The van der Waals surface area contributed by atoms with Gasteiger partial charge < -0.3 is 15.5 Å². The molecule has 1 atom stereocenters. The maximum atomic E-state index is 10.9. The first-order valence-corrected chi connectivity index (χ1v) is 6.34. The van der Waals surface area contributed by atoms with Crippen molar-refractivity contribution in [3.05, 3.63) is 0 Å². The van der Waals surface area contributed by atoms with E-state index < -0.39 is 11.7 Å². The lowest BCUT2D eigenvalue weighted by Gasteiger charge is -2.42. The van der Waals surface area contributed by atoms with Crippen LogP contribution in [0, 0.1) is 11.3 Å². The van der Waals surface area contributed by atoms with Crippen LogP contribution in [0.1, 0.15) is 53.4 Å². The van der Waals surface area contributed by atoms with Gasteiger partial charge in [0.15, 0.2) is 0 Å². The molecule has 4 heteroatoms. The van der Waals surface area contributed by atoms with Crippen molar-refractivity contribution in [3.63, 3.8) is 0 Å². The molecule has 1 aliphatic carbocycles. The van der Waals surface area contributed by atoms with Crippen LogP contribution in [0.5, 0.6) is 0 Å². The Bertz CT molecular complexity index is 271. The third-order valence-corrected chi connectivity index (χ3v) is 3.79. The topological polar surface area (TPSA) is 69.6 Å². The number of carboxylic acid groups (broad SMARTS) is 1. The monoisotopic (exact) mass is 243 g/mol. The zero-order valence-corrected chi connectivity index (χ0v) is 11.3. The molecule has 1 fully saturated rings. The first-order valence-electron chi connectivity index (χ1n) is 6.34. The van der Waals surface area contributed by atoms with Crippen molar-refractivity contribution in [1.82, 2.24) is 5.32 Å². The highest BCUT2D eigenvalue weighted by atomic mass is 16.4. The van der Waals surface area contributed by atoms with Crippen molar-refractivity contribution in [3.8, 4) is 0 Å². The van der Waals surface area contributed by atoms with E-state index >= 15 is 0 Å². The van der Waals surface area contributed by atoms with Gasteiger partial charge in [-0.15, -0.1) is 0 Å². The lowest BCUT2D eigenvalue weighted by atomic mass is 9.70. The molecule has 1 unspecified atom stereocenters. The molecule has 0 aromatic rings. The Morgan fingerprint density at radius 3 is 2.18 bits per heavy atom. The van der Waals surface area contributed by atoms with Crippen molar-refractivity contribution in [2.75, 3.05) is 0 Å². The summed E-state index contributed by atoms with van der Waals surface area (Å²) in [6.45, 7) is 8.03. The first-order chi connectivity index (χ1) is 7.62. The predicted molar refractivity (Wildman–Crippen MR) is 67.0 cm³/mol. The van der Waals surface area contributed by atoms with Gasteiger partial charge in [-0.1, -0.05) is 20.8 Å². The van der Waals surface area contributed by atoms with Crippen LogP contribution < -0.4 is 5.32 Å². The summed E-state index contributed by atoms with van der Waals surface area (Å²) in [5.41, 5.74) is -0.658. The third kappa shape index (κ3) is 4.19. The summed E-state index contributed by atoms with van der Waals surface area (Å²) in [7, 11) is 0. The van der Waals surface area contributed by atoms with Crippen molar-refractivity contribution < 1.29 is 15.0 Å². The molecular formula is C13H25NO3. The molecule has 3 N–H and O–H groups in total. The Kier molecular flexibility index (Phi) is 4.07. The Hall–Kier alpha value is -0.770. The van der Waals surface area contributed by atoms with E-state index in [1.807, 2.05) is 6.92 Å². The molecule has 0 radical (unpaired) electrons. The first kappa shape index (κ1) is 14.3. The number of nitrogens with one attached hydrogen (secondary N) is 1. The molecule has 0 aromatic carbocycles. The van der Waals surface area contributed by atoms with E-state index in [-0.39, 0.29) is 11.5 Å². The van der Waals surface area contributed by atoms with Crippen LogP contribution in [-0.4, -0.2) is 27.9 Å². The fraction of sp³-hybridized carbons (Fsp3) is 0.923. The molecule has 0 aliphatic heterocycles. The van der Waals surface area contributed by atoms with E-state index in [0.717, 1.165) is 25.7 Å². The Balaban J connectivity index is 2.69. The van der Waals surface area contributed by atoms with Crippen LogP contribution in [0.25, 0.3) is 0 Å². The largest absolute Gasteiger partial charge is 0.465 e. The van der Waals surface area contributed by atoms with Gasteiger partial charge in [-0.05, 0) is 43.9 Å². The normalized spacial score (nSPS) is 31.9. The molecule has 100 valence electrons. The minimum atomic E-state index is -0.956. The minimum absolute atomic E-state index is 0.0453. The van der Waals surface area contributed by atoms with Crippen molar-refractivity contribution in [2.45, 2.75) is 65.0 Å². The molecule has 1 rings (SSSR count). The summed E-state index contributed by atoms with van der Waals surface area (Å²) in [4.78, 5) is 10.9. The smallest absolute Gasteiger partial charge is 0.404 e. The zero-order chi connectivity index (χ0) is 13.3. The molecule has 4 nitrogen and oxygen atoms in total. The number of rotatable bonds is 2. The maximum Gasteiger partial charge on any atom is 0.404 e. The molecule has 1 amide bonds. The predicted octanol–water partition coefficient (Wildman–Crippen LogP) is 2.61.